The number of rotatable bonds is 8. The van der Waals surface area contributed by atoms with Gasteiger partial charge in [0.05, 0.1) is 13.2 Å². The summed E-state index contributed by atoms with van der Waals surface area (Å²) in [6, 6.07) is 8.77. The highest BCUT2D eigenvalue weighted by atomic mass is 16.5. The summed E-state index contributed by atoms with van der Waals surface area (Å²) in [4.78, 5) is 15.2. The van der Waals surface area contributed by atoms with E-state index in [0.717, 1.165) is 51.3 Å². The summed E-state index contributed by atoms with van der Waals surface area (Å²) >= 11 is 0. The van der Waals surface area contributed by atoms with Crippen LogP contribution in [0, 0.1) is 0 Å². The first-order valence-corrected chi connectivity index (χ1v) is 9.63. The molecule has 5 heteroatoms. The van der Waals surface area contributed by atoms with Gasteiger partial charge in [-0.3, -0.25) is 9.69 Å². The molecule has 1 aromatic carbocycles. The summed E-state index contributed by atoms with van der Waals surface area (Å²) < 4.78 is 5.94. The predicted octanol–water partition coefficient (Wildman–Crippen LogP) is 3.23. The van der Waals surface area contributed by atoms with E-state index in [1.165, 1.54) is 5.56 Å². The van der Waals surface area contributed by atoms with Crippen LogP contribution in [0.3, 0.4) is 0 Å². The van der Waals surface area contributed by atoms with Gasteiger partial charge < -0.3 is 14.7 Å². The van der Waals surface area contributed by atoms with Crippen molar-refractivity contribution in [2.45, 2.75) is 51.5 Å². The van der Waals surface area contributed by atoms with Crippen molar-refractivity contribution in [3.63, 3.8) is 0 Å². The van der Waals surface area contributed by atoms with Gasteiger partial charge in [-0.15, -0.1) is 0 Å². The molecule has 0 unspecified atom stereocenters. The molecule has 0 bridgehead atoms. The van der Waals surface area contributed by atoms with Crippen LogP contribution in [0.25, 0.3) is 0 Å². The van der Waals surface area contributed by atoms with Gasteiger partial charge in [0.25, 0.3) is 0 Å². The Morgan fingerprint density at radius 1 is 1.31 bits per heavy atom. The normalized spacial score (nSPS) is 16.8. The number of likely N-dealkylation sites (N-methyl/N-ethyl adjacent to an activating group) is 1. The Kier molecular flexibility index (Phi) is 7.47. The highest BCUT2D eigenvalue weighted by Gasteiger charge is 2.23. The van der Waals surface area contributed by atoms with E-state index in [9.17, 15) is 4.79 Å². The summed E-state index contributed by atoms with van der Waals surface area (Å²) in [6.45, 7) is 10.6. The Morgan fingerprint density at radius 3 is 2.62 bits per heavy atom. The summed E-state index contributed by atoms with van der Waals surface area (Å²) in [5, 5.41) is 8.90. The Bertz CT molecular complexity index is 575. The first-order valence-electron chi connectivity index (χ1n) is 9.63. The monoisotopic (exact) mass is 362 g/mol. The molecule has 0 aliphatic carbocycles. The maximum atomic E-state index is 10.8. The number of carboxylic acids is 1. The van der Waals surface area contributed by atoms with Gasteiger partial charge in [-0.1, -0.05) is 32.9 Å². The second kappa shape index (κ2) is 9.38. The van der Waals surface area contributed by atoms with Crippen LogP contribution in [0.15, 0.2) is 24.3 Å². The third-order valence-electron chi connectivity index (χ3n) is 5.15. The van der Waals surface area contributed by atoms with Crippen molar-refractivity contribution in [3.8, 4) is 5.75 Å². The van der Waals surface area contributed by atoms with Gasteiger partial charge in [-0.05, 0) is 62.5 Å². The molecule has 0 atom stereocenters. The van der Waals surface area contributed by atoms with E-state index in [2.05, 4.69) is 43.9 Å². The molecule has 1 N–H and O–H groups in total. The third-order valence-corrected chi connectivity index (χ3v) is 5.15. The van der Waals surface area contributed by atoms with E-state index < -0.39 is 5.97 Å². The lowest BCUT2D eigenvalue weighted by Gasteiger charge is -2.36. The van der Waals surface area contributed by atoms with Crippen LogP contribution in [-0.2, 0) is 10.2 Å². The number of likely N-dealkylation sites (tertiary alicyclic amines) is 1. The number of carbonyl (C=O) groups is 1. The maximum Gasteiger partial charge on any atom is 0.317 e. The largest absolute Gasteiger partial charge is 0.494 e. The lowest BCUT2D eigenvalue weighted by atomic mass is 9.87. The quantitative estimate of drug-likeness (QED) is 0.720. The lowest BCUT2D eigenvalue weighted by molar-refractivity contribution is -0.138. The standard InChI is InChI=1S/C21H34N2O3/c1-21(2,3)17-7-5-8-19(15-17)26-14-6-11-23-12-9-18(10-13-23)22(4)16-20(24)25/h5,7-8,15,18H,6,9-14,16H2,1-4H3,(H,24,25). The minimum atomic E-state index is -0.748. The molecule has 0 saturated carbocycles. The van der Waals surface area contributed by atoms with Gasteiger partial charge in [0, 0.05) is 12.6 Å². The predicted molar refractivity (Wildman–Crippen MR) is 105 cm³/mol. The summed E-state index contributed by atoms with van der Waals surface area (Å²) in [5.41, 5.74) is 1.43. The highest BCUT2D eigenvalue weighted by Crippen LogP contribution is 2.25. The molecule has 1 heterocycles. The van der Waals surface area contributed by atoms with Crippen molar-refractivity contribution in [1.82, 2.24) is 9.80 Å². The van der Waals surface area contributed by atoms with Crippen LogP contribution in [0.2, 0.25) is 0 Å². The third kappa shape index (κ3) is 6.61. The number of benzene rings is 1. The summed E-state index contributed by atoms with van der Waals surface area (Å²) in [5.74, 6) is 0.203. The molecule has 0 spiro atoms. The number of aliphatic carboxylic acids is 1. The van der Waals surface area contributed by atoms with Crippen LogP contribution < -0.4 is 4.74 Å². The topological polar surface area (TPSA) is 53.0 Å². The van der Waals surface area contributed by atoms with Crippen molar-refractivity contribution >= 4 is 5.97 Å². The molecular weight excluding hydrogens is 328 g/mol. The van der Waals surface area contributed by atoms with E-state index >= 15 is 0 Å². The number of piperidine rings is 1. The smallest absolute Gasteiger partial charge is 0.317 e. The van der Waals surface area contributed by atoms with Crippen LogP contribution in [0.5, 0.6) is 5.75 Å². The Morgan fingerprint density at radius 2 is 2.00 bits per heavy atom. The van der Waals surface area contributed by atoms with Crippen LogP contribution in [-0.4, -0.2) is 66.8 Å². The number of ether oxygens (including phenoxy) is 1. The Hall–Kier alpha value is -1.59. The highest BCUT2D eigenvalue weighted by molar-refractivity contribution is 5.69. The van der Waals surface area contributed by atoms with Gasteiger partial charge in [0.2, 0.25) is 0 Å². The first kappa shape index (κ1) is 20.7. The van der Waals surface area contributed by atoms with E-state index in [0.29, 0.717) is 6.04 Å². The van der Waals surface area contributed by atoms with Gasteiger partial charge in [0.1, 0.15) is 5.75 Å². The zero-order chi connectivity index (χ0) is 19.2. The Balaban J connectivity index is 1.66. The lowest BCUT2D eigenvalue weighted by Crippen LogP contribution is -2.45. The molecule has 26 heavy (non-hydrogen) atoms. The molecule has 146 valence electrons. The fourth-order valence-electron chi connectivity index (χ4n) is 3.46. The number of nitrogens with zero attached hydrogens (tertiary/aromatic N) is 2. The second-order valence-electron chi connectivity index (χ2n) is 8.36. The number of hydrogen-bond acceptors (Lipinski definition) is 4. The van der Waals surface area contributed by atoms with E-state index in [4.69, 9.17) is 9.84 Å². The minimum Gasteiger partial charge on any atom is -0.494 e. The molecule has 0 amide bonds. The molecule has 0 aromatic heterocycles. The van der Waals surface area contributed by atoms with E-state index in [-0.39, 0.29) is 12.0 Å². The molecule has 2 rings (SSSR count). The molecule has 1 saturated heterocycles. The zero-order valence-corrected chi connectivity index (χ0v) is 16.7. The van der Waals surface area contributed by atoms with Crippen molar-refractivity contribution in [1.29, 1.82) is 0 Å². The molecule has 1 aromatic rings. The molecule has 5 nitrogen and oxygen atoms in total. The van der Waals surface area contributed by atoms with Crippen molar-refractivity contribution in [2.75, 3.05) is 39.8 Å². The van der Waals surface area contributed by atoms with Gasteiger partial charge >= 0.3 is 5.97 Å². The fraction of sp³-hybridized carbons (Fsp3) is 0.667. The van der Waals surface area contributed by atoms with Crippen molar-refractivity contribution in [2.24, 2.45) is 0 Å². The van der Waals surface area contributed by atoms with Crippen LogP contribution >= 0.6 is 0 Å². The fourth-order valence-corrected chi connectivity index (χ4v) is 3.46. The maximum absolute atomic E-state index is 10.8. The van der Waals surface area contributed by atoms with Gasteiger partial charge in [-0.25, -0.2) is 0 Å². The molecule has 0 radical (unpaired) electrons. The number of carboxylic acid groups (broad SMARTS) is 1. The van der Waals surface area contributed by atoms with Crippen LogP contribution in [0.1, 0.15) is 45.6 Å². The zero-order valence-electron chi connectivity index (χ0n) is 16.7. The van der Waals surface area contributed by atoms with Gasteiger partial charge in [-0.2, -0.15) is 0 Å². The first-order chi connectivity index (χ1) is 12.3. The Labute approximate surface area is 157 Å². The van der Waals surface area contributed by atoms with E-state index in [1.54, 1.807) is 0 Å². The van der Waals surface area contributed by atoms with Crippen molar-refractivity contribution < 1.29 is 14.6 Å². The average molecular weight is 363 g/mol. The number of hydrogen-bond donors (Lipinski definition) is 1. The van der Waals surface area contributed by atoms with Crippen LogP contribution in [0.4, 0.5) is 0 Å². The van der Waals surface area contributed by atoms with Gasteiger partial charge in [0.15, 0.2) is 0 Å². The molecular formula is C21H34N2O3. The average Bonchev–Trinajstić information content (AvgIpc) is 2.58. The molecule has 1 aliphatic heterocycles. The molecule has 1 aliphatic rings. The second-order valence-corrected chi connectivity index (χ2v) is 8.36. The summed E-state index contributed by atoms with van der Waals surface area (Å²) in [7, 11) is 1.91. The SMILES string of the molecule is CN(CC(=O)O)C1CCN(CCCOc2cccc(C(C)(C)C)c2)CC1. The van der Waals surface area contributed by atoms with Crippen molar-refractivity contribution in [3.05, 3.63) is 29.8 Å². The van der Waals surface area contributed by atoms with E-state index in [1.807, 2.05) is 18.0 Å². The summed E-state index contributed by atoms with van der Waals surface area (Å²) in [6.07, 6.45) is 3.09. The molecule has 1 fully saturated rings. The minimum absolute atomic E-state index is 0.131.